The topological polar surface area (TPSA) is 36.2 Å². The maximum atomic E-state index is 12.8. The van der Waals surface area contributed by atoms with Gasteiger partial charge in [-0.3, -0.25) is 4.99 Å². The number of alkyl halides is 3. The molecule has 0 amide bonds. The van der Waals surface area contributed by atoms with Crippen LogP contribution in [-0.4, -0.2) is 25.2 Å². The van der Waals surface area contributed by atoms with Crippen molar-refractivity contribution in [3.8, 4) is 0 Å². The minimum atomic E-state index is -4.08. The first-order chi connectivity index (χ1) is 8.84. The third kappa shape index (κ3) is 5.17. The molecule has 0 aromatic carbocycles. The number of nitrogens with zero attached hydrogens (tertiary/aromatic N) is 1. The second-order valence-electron chi connectivity index (χ2n) is 5.37. The Kier molecular flexibility index (Phi) is 5.76. The minimum absolute atomic E-state index is 0.0211. The fourth-order valence-electron chi connectivity index (χ4n) is 2.46. The molecule has 0 saturated heterocycles. The van der Waals surface area contributed by atoms with Crippen molar-refractivity contribution in [3.63, 3.8) is 0 Å². The molecule has 0 radical (unpaired) electrons. The summed E-state index contributed by atoms with van der Waals surface area (Å²) in [6.45, 7) is 3.91. The van der Waals surface area contributed by atoms with Crippen molar-refractivity contribution in [3.05, 3.63) is 11.6 Å². The van der Waals surface area contributed by atoms with E-state index in [-0.39, 0.29) is 18.3 Å². The highest BCUT2D eigenvalue weighted by molar-refractivity contribution is 5.84. The molecule has 0 heterocycles. The number of nitrogens with one attached hydrogen (secondary N) is 1. The first-order valence-electron chi connectivity index (χ1n) is 6.58. The fourth-order valence-corrected chi connectivity index (χ4v) is 2.46. The van der Waals surface area contributed by atoms with E-state index < -0.39 is 12.1 Å². The number of hydrogen-bond donors (Lipinski definition) is 1. The monoisotopic (exact) mass is 274 g/mol. The Labute approximate surface area is 112 Å². The van der Waals surface area contributed by atoms with Gasteiger partial charge in [-0.15, -0.1) is 0 Å². The van der Waals surface area contributed by atoms with Gasteiger partial charge in [0.1, 0.15) is 0 Å². The molecule has 0 aromatic rings. The van der Waals surface area contributed by atoms with Gasteiger partial charge in [0.2, 0.25) is 0 Å². The Balaban J connectivity index is 2.50. The Hall–Kier alpha value is -1.13. The van der Waals surface area contributed by atoms with Gasteiger partial charge in [0.15, 0.2) is 0 Å². The summed E-state index contributed by atoms with van der Waals surface area (Å²) in [5, 5.41) is 6.98. The van der Waals surface area contributed by atoms with Crippen LogP contribution in [0, 0.1) is 23.2 Å². The predicted octanol–water partition coefficient (Wildman–Crippen LogP) is 4.27. The van der Waals surface area contributed by atoms with Crippen LogP contribution >= 0.6 is 0 Å². The predicted molar refractivity (Wildman–Crippen MR) is 71.9 cm³/mol. The lowest BCUT2D eigenvalue weighted by Crippen LogP contribution is -2.35. The SMILES string of the molecule is CC(C=N)=CC=NCC1CC[C@H](C)C(C(F)(F)F)C1. The standard InChI is InChI=1S/C14H21F3N2/c1-10(8-18)5-6-19-9-12-4-3-11(2)13(7-12)14(15,16)17/h5-6,8,11-13,18H,3-4,7,9H2,1-2H3/t11-,12?,13?/m0/s1. The summed E-state index contributed by atoms with van der Waals surface area (Å²) in [5.74, 6) is -1.44. The number of halogens is 3. The Bertz CT molecular complexity index is 358. The van der Waals surface area contributed by atoms with E-state index in [9.17, 15) is 13.2 Å². The maximum absolute atomic E-state index is 12.8. The Morgan fingerprint density at radius 2 is 2.05 bits per heavy atom. The van der Waals surface area contributed by atoms with E-state index in [1.165, 1.54) is 6.21 Å². The Morgan fingerprint density at radius 3 is 2.63 bits per heavy atom. The summed E-state index contributed by atoms with van der Waals surface area (Å²) < 4.78 is 38.5. The van der Waals surface area contributed by atoms with Crippen molar-refractivity contribution >= 4 is 12.4 Å². The number of allylic oxidation sites excluding steroid dienone is 2. The summed E-state index contributed by atoms with van der Waals surface area (Å²) in [5.41, 5.74) is 0.772. The second-order valence-corrected chi connectivity index (χ2v) is 5.37. The van der Waals surface area contributed by atoms with Gasteiger partial charge in [-0.25, -0.2) is 0 Å². The van der Waals surface area contributed by atoms with Crippen molar-refractivity contribution in [2.75, 3.05) is 6.54 Å². The van der Waals surface area contributed by atoms with E-state index in [0.29, 0.717) is 13.0 Å². The molecular weight excluding hydrogens is 253 g/mol. The van der Waals surface area contributed by atoms with Crippen LogP contribution in [0.1, 0.15) is 33.1 Å². The van der Waals surface area contributed by atoms with Crippen molar-refractivity contribution in [2.24, 2.45) is 22.7 Å². The minimum Gasteiger partial charge on any atom is -0.308 e. The normalized spacial score (nSPS) is 29.7. The van der Waals surface area contributed by atoms with Crippen molar-refractivity contribution in [2.45, 2.75) is 39.3 Å². The molecular formula is C14H21F3N2. The molecule has 0 aliphatic heterocycles. The molecule has 1 fully saturated rings. The highest BCUT2D eigenvalue weighted by atomic mass is 19.4. The van der Waals surface area contributed by atoms with Gasteiger partial charge in [0, 0.05) is 19.0 Å². The number of aliphatic imine (C=N–C) groups is 1. The molecule has 0 spiro atoms. The zero-order valence-corrected chi connectivity index (χ0v) is 11.4. The summed E-state index contributed by atoms with van der Waals surface area (Å²) in [7, 11) is 0. The van der Waals surface area contributed by atoms with Gasteiger partial charge < -0.3 is 5.41 Å². The van der Waals surface area contributed by atoms with Crippen LogP contribution in [0.4, 0.5) is 13.2 Å². The lowest BCUT2D eigenvalue weighted by atomic mass is 9.74. The Morgan fingerprint density at radius 1 is 1.37 bits per heavy atom. The number of hydrogen-bond acceptors (Lipinski definition) is 2. The van der Waals surface area contributed by atoms with Crippen LogP contribution in [-0.2, 0) is 0 Å². The molecule has 1 saturated carbocycles. The van der Waals surface area contributed by atoms with Crippen LogP contribution in [0.5, 0.6) is 0 Å². The molecule has 1 aliphatic rings. The molecule has 1 aliphatic carbocycles. The van der Waals surface area contributed by atoms with Gasteiger partial charge in [-0.2, -0.15) is 13.2 Å². The first-order valence-corrected chi connectivity index (χ1v) is 6.58. The summed E-state index contributed by atoms with van der Waals surface area (Å²) in [6, 6.07) is 0. The zero-order chi connectivity index (χ0) is 14.5. The van der Waals surface area contributed by atoms with Crippen molar-refractivity contribution in [1.29, 1.82) is 5.41 Å². The highest BCUT2D eigenvalue weighted by Gasteiger charge is 2.45. The van der Waals surface area contributed by atoms with Gasteiger partial charge in [-0.05, 0) is 49.7 Å². The molecule has 1 rings (SSSR count). The van der Waals surface area contributed by atoms with E-state index >= 15 is 0 Å². The van der Waals surface area contributed by atoms with Crippen LogP contribution in [0.15, 0.2) is 16.6 Å². The van der Waals surface area contributed by atoms with Gasteiger partial charge in [-0.1, -0.05) is 6.92 Å². The van der Waals surface area contributed by atoms with E-state index in [0.717, 1.165) is 12.0 Å². The van der Waals surface area contributed by atoms with Gasteiger partial charge in [0.25, 0.3) is 0 Å². The molecule has 1 N–H and O–H groups in total. The first kappa shape index (κ1) is 15.9. The fraction of sp³-hybridized carbons (Fsp3) is 0.714. The molecule has 2 unspecified atom stereocenters. The van der Waals surface area contributed by atoms with Crippen LogP contribution in [0.25, 0.3) is 0 Å². The largest absolute Gasteiger partial charge is 0.392 e. The van der Waals surface area contributed by atoms with E-state index in [4.69, 9.17) is 5.41 Å². The molecule has 3 atom stereocenters. The van der Waals surface area contributed by atoms with E-state index in [1.807, 2.05) is 0 Å². The third-order valence-corrected chi connectivity index (χ3v) is 3.76. The smallest absolute Gasteiger partial charge is 0.308 e. The average Bonchev–Trinajstić information content (AvgIpc) is 2.34. The summed E-state index contributed by atoms with van der Waals surface area (Å²) in [4.78, 5) is 4.15. The van der Waals surface area contributed by atoms with E-state index in [1.54, 1.807) is 26.1 Å². The lowest BCUT2D eigenvalue weighted by molar-refractivity contribution is -0.198. The zero-order valence-electron chi connectivity index (χ0n) is 11.4. The second kappa shape index (κ2) is 6.87. The molecule has 0 bridgehead atoms. The third-order valence-electron chi connectivity index (χ3n) is 3.76. The maximum Gasteiger partial charge on any atom is 0.392 e. The van der Waals surface area contributed by atoms with Gasteiger partial charge in [0.05, 0.1) is 5.92 Å². The molecule has 19 heavy (non-hydrogen) atoms. The quantitative estimate of drug-likeness (QED) is 0.743. The highest BCUT2D eigenvalue weighted by Crippen LogP contribution is 2.43. The number of rotatable bonds is 4. The average molecular weight is 274 g/mol. The van der Waals surface area contributed by atoms with Crippen LogP contribution in [0.2, 0.25) is 0 Å². The summed E-state index contributed by atoms with van der Waals surface area (Å²) in [6.07, 6.45) is 2.04. The molecule has 0 aromatic heterocycles. The van der Waals surface area contributed by atoms with Crippen molar-refractivity contribution < 1.29 is 13.2 Å². The van der Waals surface area contributed by atoms with Crippen LogP contribution < -0.4 is 0 Å². The molecule has 2 nitrogen and oxygen atoms in total. The molecule has 5 heteroatoms. The van der Waals surface area contributed by atoms with Gasteiger partial charge >= 0.3 is 6.18 Å². The summed E-state index contributed by atoms with van der Waals surface area (Å²) >= 11 is 0. The van der Waals surface area contributed by atoms with Crippen molar-refractivity contribution in [1.82, 2.24) is 0 Å². The van der Waals surface area contributed by atoms with E-state index in [2.05, 4.69) is 4.99 Å². The van der Waals surface area contributed by atoms with Crippen LogP contribution in [0.3, 0.4) is 0 Å². The molecule has 108 valence electrons. The lowest BCUT2D eigenvalue weighted by Gasteiger charge is -2.34.